The molecule has 112 valence electrons. The Morgan fingerprint density at radius 2 is 1.77 bits per heavy atom. The predicted molar refractivity (Wildman–Crippen MR) is 80.9 cm³/mol. The van der Waals surface area contributed by atoms with E-state index in [1.165, 1.54) is 17.0 Å². The van der Waals surface area contributed by atoms with Crippen molar-refractivity contribution in [2.24, 2.45) is 0 Å². The van der Waals surface area contributed by atoms with E-state index in [0.29, 0.717) is 28.3 Å². The van der Waals surface area contributed by atoms with Crippen molar-refractivity contribution in [3.05, 3.63) is 51.6 Å². The second kappa shape index (κ2) is 4.91. The van der Waals surface area contributed by atoms with Crippen LogP contribution >= 0.6 is 0 Å². The highest BCUT2D eigenvalue weighted by atomic mass is 16.6. The monoisotopic (exact) mass is 298 g/mol. The van der Waals surface area contributed by atoms with Crippen molar-refractivity contribution in [2.75, 3.05) is 0 Å². The Hall–Kier alpha value is -2.76. The lowest BCUT2D eigenvalue weighted by Gasteiger charge is -2.31. The molecule has 0 aliphatic carbocycles. The number of carbonyl (C=O) groups is 2. The molecule has 0 saturated carbocycles. The van der Waals surface area contributed by atoms with Gasteiger partial charge in [0.05, 0.1) is 10.3 Å². The molecule has 2 aromatic carbocycles. The highest BCUT2D eigenvalue weighted by Gasteiger charge is 2.36. The van der Waals surface area contributed by atoms with Crippen LogP contribution in [-0.4, -0.2) is 27.7 Å². The van der Waals surface area contributed by atoms with Gasteiger partial charge in [-0.15, -0.1) is 0 Å². The summed E-state index contributed by atoms with van der Waals surface area (Å²) in [5, 5.41) is 11.9. The molecule has 0 aromatic heterocycles. The lowest BCUT2D eigenvalue weighted by atomic mass is 9.92. The molecule has 0 radical (unpaired) electrons. The van der Waals surface area contributed by atoms with Crippen molar-refractivity contribution in [3.8, 4) is 0 Å². The molecular formula is C16H14N2O4. The maximum Gasteiger partial charge on any atom is 0.277 e. The lowest BCUT2D eigenvalue weighted by Crippen LogP contribution is -2.45. The average molecular weight is 298 g/mol. The van der Waals surface area contributed by atoms with Gasteiger partial charge in [0, 0.05) is 28.6 Å². The van der Waals surface area contributed by atoms with Crippen LogP contribution in [0.1, 0.15) is 41.0 Å². The maximum atomic E-state index is 12.6. The van der Waals surface area contributed by atoms with Gasteiger partial charge < -0.3 is 0 Å². The van der Waals surface area contributed by atoms with Crippen LogP contribution in [0.3, 0.4) is 0 Å². The van der Waals surface area contributed by atoms with Crippen LogP contribution < -0.4 is 0 Å². The van der Waals surface area contributed by atoms with E-state index in [4.69, 9.17) is 0 Å². The van der Waals surface area contributed by atoms with Gasteiger partial charge >= 0.3 is 0 Å². The molecule has 22 heavy (non-hydrogen) atoms. The zero-order chi connectivity index (χ0) is 16.0. The van der Waals surface area contributed by atoms with Crippen molar-refractivity contribution in [1.29, 1.82) is 0 Å². The minimum Gasteiger partial charge on any atom is -0.272 e. The molecule has 1 atom stereocenters. The number of nitro benzene ring substituents is 1. The van der Waals surface area contributed by atoms with Crippen molar-refractivity contribution in [2.45, 2.75) is 26.3 Å². The number of imide groups is 1. The summed E-state index contributed by atoms with van der Waals surface area (Å²) in [6.45, 7) is 3.71. The largest absolute Gasteiger partial charge is 0.277 e. The summed E-state index contributed by atoms with van der Waals surface area (Å²) in [5.41, 5.74) is 0.588. The minimum atomic E-state index is -0.501. The van der Waals surface area contributed by atoms with E-state index < -0.39 is 16.7 Å². The average Bonchev–Trinajstić information content (AvgIpc) is 2.51. The summed E-state index contributed by atoms with van der Waals surface area (Å²) < 4.78 is 0. The normalized spacial score (nSPS) is 15.3. The number of nitrogens with zero attached hydrogens (tertiary/aromatic N) is 2. The first-order valence-corrected chi connectivity index (χ1v) is 7.05. The van der Waals surface area contributed by atoms with E-state index in [2.05, 4.69) is 0 Å². The number of amides is 2. The minimum absolute atomic E-state index is 0.0989. The number of carbonyl (C=O) groups excluding carboxylic acids is 2. The maximum absolute atomic E-state index is 12.6. The van der Waals surface area contributed by atoms with Gasteiger partial charge in [-0.3, -0.25) is 24.6 Å². The molecule has 3 rings (SSSR count). The van der Waals surface area contributed by atoms with Gasteiger partial charge in [-0.05, 0) is 31.5 Å². The van der Waals surface area contributed by atoms with Gasteiger partial charge in [-0.1, -0.05) is 13.0 Å². The number of benzene rings is 2. The van der Waals surface area contributed by atoms with Gasteiger partial charge in [0.25, 0.3) is 17.5 Å². The van der Waals surface area contributed by atoms with E-state index in [0.717, 1.165) is 0 Å². The Morgan fingerprint density at radius 1 is 1.14 bits per heavy atom. The molecule has 1 aliphatic heterocycles. The Balaban J connectivity index is 2.35. The summed E-state index contributed by atoms with van der Waals surface area (Å²) in [6.07, 6.45) is 0.649. The second-order valence-electron chi connectivity index (χ2n) is 5.36. The number of nitro groups is 1. The van der Waals surface area contributed by atoms with E-state index in [9.17, 15) is 19.7 Å². The van der Waals surface area contributed by atoms with E-state index in [1.807, 2.05) is 13.8 Å². The van der Waals surface area contributed by atoms with Crippen LogP contribution in [0, 0.1) is 10.1 Å². The van der Waals surface area contributed by atoms with Crippen LogP contribution in [0.5, 0.6) is 0 Å². The van der Waals surface area contributed by atoms with Crippen molar-refractivity contribution >= 4 is 28.3 Å². The SMILES string of the molecule is CCC(C)N1C(=O)c2cccc3c([N+](=O)[O-])ccc(c23)C1=O. The topological polar surface area (TPSA) is 80.5 Å². The third-order valence-electron chi connectivity index (χ3n) is 4.14. The molecule has 6 heteroatoms. The van der Waals surface area contributed by atoms with Crippen molar-refractivity contribution in [1.82, 2.24) is 4.90 Å². The highest BCUT2D eigenvalue weighted by molar-refractivity contribution is 6.26. The van der Waals surface area contributed by atoms with Crippen LogP contribution in [0.4, 0.5) is 5.69 Å². The predicted octanol–water partition coefficient (Wildman–Crippen LogP) is 3.14. The molecule has 0 spiro atoms. The number of rotatable bonds is 3. The molecule has 2 amide bonds. The molecule has 0 N–H and O–H groups in total. The molecular weight excluding hydrogens is 284 g/mol. The van der Waals surface area contributed by atoms with Gasteiger partial charge in [-0.25, -0.2) is 0 Å². The van der Waals surface area contributed by atoms with Crippen LogP contribution in [0.15, 0.2) is 30.3 Å². The van der Waals surface area contributed by atoms with Crippen LogP contribution in [0.25, 0.3) is 10.8 Å². The first-order chi connectivity index (χ1) is 10.5. The molecule has 1 heterocycles. The zero-order valence-electron chi connectivity index (χ0n) is 12.2. The zero-order valence-corrected chi connectivity index (χ0v) is 12.2. The lowest BCUT2D eigenvalue weighted by molar-refractivity contribution is -0.383. The molecule has 6 nitrogen and oxygen atoms in total. The summed E-state index contributed by atoms with van der Waals surface area (Å²) in [6, 6.07) is 7.33. The van der Waals surface area contributed by atoms with Crippen LogP contribution in [0.2, 0.25) is 0 Å². The fraction of sp³-hybridized carbons (Fsp3) is 0.250. The summed E-state index contributed by atoms with van der Waals surface area (Å²) >= 11 is 0. The van der Waals surface area contributed by atoms with Gasteiger partial charge in [0.2, 0.25) is 0 Å². The van der Waals surface area contributed by atoms with Gasteiger partial charge in [-0.2, -0.15) is 0 Å². The summed E-state index contributed by atoms with van der Waals surface area (Å²) in [7, 11) is 0. The Labute approximate surface area is 126 Å². The number of hydrogen-bond donors (Lipinski definition) is 0. The second-order valence-corrected chi connectivity index (χ2v) is 5.36. The van der Waals surface area contributed by atoms with Crippen LogP contribution in [-0.2, 0) is 0 Å². The van der Waals surface area contributed by atoms with E-state index in [1.54, 1.807) is 18.2 Å². The molecule has 2 aromatic rings. The number of non-ortho nitro benzene ring substituents is 1. The number of hydrogen-bond acceptors (Lipinski definition) is 4. The van der Waals surface area contributed by atoms with Gasteiger partial charge in [0.15, 0.2) is 0 Å². The third-order valence-corrected chi connectivity index (χ3v) is 4.14. The molecule has 0 bridgehead atoms. The molecule has 1 unspecified atom stereocenters. The third kappa shape index (κ3) is 1.80. The Bertz CT molecular complexity index is 806. The van der Waals surface area contributed by atoms with E-state index in [-0.39, 0.29) is 11.7 Å². The van der Waals surface area contributed by atoms with Crippen molar-refractivity contribution < 1.29 is 14.5 Å². The first-order valence-electron chi connectivity index (χ1n) is 7.05. The molecule has 0 fully saturated rings. The summed E-state index contributed by atoms with van der Waals surface area (Å²) in [5.74, 6) is -0.782. The standard InChI is InChI=1S/C16H14N2O4/c1-3-9(2)17-15(19)11-6-4-5-10-13(18(21)22)8-7-12(14(10)11)16(17)20/h4-9H,3H2,1-2H3. The first kappa shape index (κ1) is 14.2. The smallest absolute Gasteiger partial charge is 0.272 e. The van der Waals surface area contributed by atoms with E-state index >= 15 is 0 Å². The van der Waals surface area contributed by atoms with Crippen molar-refractivity contribution in [3.63, 3.8) is 0 Å². The fourth-order valence-electron chi connectivity index (χ4n) is 2.84. The molecule has 0 saturated heterocycles. The summed E-state index contributed by atoms with van der Waals surface area (Å²) in [4.78, 5) is 37.1. The van der Waals surface area contributed by atoms with Gasteiger partial charge in [0.1, 0.15) is 0 Å². The Kier molecular flexibility index (Phi) is 3.16. The quantitative estimate of drug-likeness (QED) is 0.495. The molecule has 1 aliphatic rings. The highest BCUT2D eigenvalue weighted by Crippen LogP contribution is 2.35. The fourth-order valence-corrected chi connectivity index (χ4v) is 2.84. The Morgan fingerprint density at radius 3 is 2.36 bits per heavy atom.